The molecule has 3 aliphatic rings. The van der Waals surface area contributed by atoms with Crippen LogP contribution in [0.25, 0.3) is 0 Å². The van der Waals surface area contributed by atoms with Gasteiger partial charge in [-0.25, -0.2) is 4.79 Å². The summed E-state index contributed by atoms with van der Waals surface area (Å²) in [6.07, 6.45) is 2.17. The van der Waals surface area contributed by atoms with Gasteiger partial charge in [0.05, 0.1) is 30.1 Å². The summed E-state index contributed by atoms with van der Waals surface area (Å²) in [5.74, 6) is -7.01. The van der Waals surface area contributed by atoms with Gasteiger partial charge in [0.2, 0.25) is 29.5 Å². The zero-order valence-corrected chi connectivity index (χ0v) is 31.9. The Morgan fingerprint density at radius 3 is 2.28 bits per heavy atom. The molecule has 3 heterocycles. The number of hydrogen-bond donors (Lipinski definition) is 11. The number of carbonyl (C=O) groups excluding carboxylic acids is 7. The number of carboxylic acid groups (broad SMARTS) is 2. The number of aliphatic carboxylic acids is 2. The molecular weight excluding hydrogens is 771 g/mol. The molecule has 21 nitrogen and oxygen atoms in total. The number of amides is 8. The zero-order valence-electron chi connectivity index (χ0n) is 31.1. The highest BCUT2D eigenvalue weighted by Gasteiger charge is 2.41. The number of unbranched alkanes of at least 4 members (excludes halogenated alkanes) is 1. The minimum atomic E-state index is -1.46. The second-order valence-corrected chi connectivity index (χ2v) is 15.1. The summed E-state index contributed by atoms with van der Waals surface area (Å²) in [6, 6.07) is -0.140. The van der Waals surface area contributed by atoms with E-state index in [4.69, 9.17) is 15.6 Å². The minimum absolute atomic E-state index is 0.0242. The quantitative estimate of drug-likeness (QED) is 0.0795. The largest absolute Gasteiger partial charge is 0.493 e. The van der Waals surface area contributed by atoms with Crippen molar-refractivity contribution < 1.29 is 58.1 Å². The number of nitrogens with two attached hydrogens (primary N) is 1. The molecule has 0 bridgehead atoms. The van der Waals surface area contributed by atoms with Crippen molar-refractivity contribution in [3.05, 3.63) is 23.8 Å². The van der Waals surface area contributed by atoms with Crippen LogP contribution in [0.4, 0.5) is 10.5 Å². The molecular formula is C35H49N9O12S. The molecule has 2 unspecified atom stereocenters. The third-order valence-corrected chi connectivity index (χ3v) is 10.8. The van der Waals surface area contributed by atoms with Crippen molar-refractivity contribution in [2.24, 2.45) is 5.73 Å². The molecule has 312 valence electrons. The number of thioether (sulfide) groups is 1. The normalized spacial score (nSPS) is 23.4. The molecule has 2 saturated heterocycles. The van der Waals surface area contributed by atoms with Gasteiger partial charge in [-0.1, -0.05) is 0 Å². The monoisotopic (exact) mass is 819 g/mol. The van der Waals surface area contributed by atoms with E-state index in [1.165, 1.54) is 18.2 Å². The third-order valence-electron chi connectivity index (χ3n) is 9.25. The molecule has 2 fully saturated rings. The van der Waals surface area contributed by atoms with Crippen LogP contribution in [0.2, 0.25) is 0 Å². The van der Waals surface area contributed by atoms with E-state index < -0.39 is 72.6 Å². The van der Waals surface area contributed by atoms with E-state index in [0.717, 1.165) is 12.8 Å². The van der Waals surface area contributed by atoms with Gasteiger partial charge in [-0.15, -0.1) is 11.8 Å². The number of benzene rings is 1. The Balaban J connectivity index is 1.45. The molecule has 12 N–H and O–H groups in total. The molecule has 3 aliphatic heterocycles. The third kappa shape index (κ3) is 14.1. The molecule has 4 rings (SSSR count). The summed E-state index contributed by atoms with van der Waals surface area (Å²) < 4.78 is 5.84. The van der Waals surface area contributed by atoms with E-state index in [2.05, 4.69) is 42.5 Å². The van der Waals surface area contributed by atoms with Gasteiger partial charge >= 0.3 is 18.0 Å². The van der Waals surface area contributed by atoms with E-state index in [0.29, 0.717) is 19.3 Å². The van der Waals surface area contributed by atoms with Gasteiger partial charge in [0.1, 0.15) is 30.4 Å². The van der Waals surface area contributed by atoms with E-state index in [1.54, 1.807) is 11.8 Å². The van der Waals surface area contributed by atoms with E-state index >= 15 is 0 Å². The van der Waals surface area contributed by atoms with Crippen molar-refractivity contribution in [3.63, 3.8) is 0 Å². The van der Waals surface area contributed by atoms with Gasteiger partial charge in [-0.3, -0.25) is 38.4 Å². The molecule has 22 heteroatoms. The van der Waals surface area contributed by atoms with E-state index in [1.807, 2.05) is 0 Å². The molecule has 1 aromatic rings. The van der Waals surface area contributed by atoms with Crippen molar-refractivity contribution >= 4 is 70.9 Å². The first kappa shape index (κ1) is 44.1. The second-order valence-electron chi connectivity index (χ2n) is 13.7. The summed E-state index contributed by atoms with van der Waals surface area (Å²) in [7, 11) is 0. The summed E-state index contributed by atoms with van der Waals surface area (Å²) in [5, 5.41) is 39.4. The predicted octanol–water partition coefficient (Wildman–Crippen LogP) is -1.53. The highest BCUT2D eigenvalue weighted by molar-refractivity contribution is 8.00. The van der Waals surface area contributed by atoms with Crippen molar-refractivity contribution in [3.8, 4) is 5.75 Å². The summed E-state index contributed by atoms with van der Waals surface area (Å²) in [4.78, 5) is 113. The van der Waals surface area contributed by atoms with Crippen LogP contribution in [0.15, 0.2) is 18.2 Å². The molecule has 57 heavy (non-hydrogen) atoms. The lowest BCUT2D eigenvalue weighted by Gasteiger charge is -2.26. The summed E-state index contributed by atoms with van der Waals surface area (Å²) in [5.41, 5.74) is 5.53. The fraction of sp³-hybridized carbons (Fsp3) is 0.571. The molecule has 6 atom stereocenters. The average molecular weight is 820 g/mol. The van der Waals surface area contributed by atoms with Crippen molar-refractivity contribution in [2.45, 2.75) is 99.0 Å². The Bertz CT molecular complexity index is 1680. The first-order chi connectivity index (χ1) is 27.2. The van der Waals surface area contributed by atoms with Gasteiger partial charge in [-0.2, -0.15) is 0 Å². The lowest BCUT2D eigenvalue weighted by atomic mass is 10.0. The number of fused-ring (bicyclic) bond motifs is 2. The number of rotatable bonds is 17. The van der Waals surface area contributed by atoms with Crippen LogP contribution in [-0.4, -0.2) is 125 Å². The standard InChI is InChI=1S/C35H49N9O12S/c36-12-2-1-5-21-32(53)42-23(31(52)38-17-29(49)50)11-13-56-25-9-7-18(14-20(25)30(51)40-22(33(54)41-21)8-10-28(47)48)39-27(46)16-37-26(45)6-3-4-19-15-24-34(57-19)44-35(55)43-24/h7,9,14,19,21-24,34H,1-6,8,10-13,15-17,36H2,(H,37,45)(H,38,52)(H,39,46)(H,40,51)(H,41,54)(H,42,53)(H,47,48)(H,49,50)(H2,43,44,55)/t19?,21-,22-,23?,24+,34-/m0/s1. The molecule has 8 amide bonds. The molecule has 0 radical (unpaired) electrons. The van der Waals surface area contributed by atoms with Crippen LogP contribution in [0.3, 0.4) is 0 Å². The molecule has 0 saturated carbocycles. The Kier molecular flexibility index (Phi) is 16.7. The zero-order chi connectivity index (χ0) is 41.5. The van der Waals surface area contributed by atoms with Crippen LogP contribution in [-0.2, 0) is 33.6 Å². The van der Waals surface area contributed by atoms with Crippen LogP contribution in [0.1, 0.15) is 74.6 Å². The Morgan fingerprint density at radius 2 is 1.56 bits per heavy atom. The highest BCUT2D eigenvalue weighted by Crippen LogP contribution is 2.37. The smallest absolute Gasteiger partial charge is 0.322 e. The first-order valence-corrected chi connectivity index (χ1v) is 19.6. The lowest BCUT2D eigenvalue weighted by Crippen LogP contribution is -2.57. The lowest BCUT2D eigenvalue weighted by molar-refractivity contribution is -0.139. The average Bonchev–Trinajstić information content (AvgIpc) is 3.70. The van der Waals surface area contributed by atoms with Gasteiger partial charge < -0.3 is 63.2 Å². The fourth-order valence-electron chi connectivity index (χ4n) is 6.35. The van der Waals surface area contributed by atoms with Crippen LogP contribution in [0, 0.1) is 0 Å². The topological polar surface area (TPSA) is 326 Å². The number of carboxylic acids is 2. The fourth-order valence-corrected chi connectivity index (χ4v) is 7.93. The second kappa shape index (κ2) is 21.6. The Hall–Kier alpha value is -5.64. The maximum Gasteiger partial charge on any atom is 0.322 e. The van der Waals surface area contributed by atoms with Crippen molar-refractivity contribution in [1.29, 1.82) is 0 Å². The van der Waals surface area contributed by atoms with Crippen LogP contribution in [0.5, 0.6) is 5.75 Å². The summed E-state index contributed by atoms with van der Waals surface area (Å²) >= 11 is 1.66. The molecule has 0 aliphatic carbocycles. The maximum atomic E-state index is 13.7. The summed E-state index contributed by atoms with van der Waals surface area (Å²) in [6.45, 7) is -1.10. The minimum Gasteiger partial charge on any atom is -0.493 e. The predicted molar refractivity (Wildman–Crippen MR) is 203 cm³/mol. The number of nitrogens with one attached hydrogen (secondary N) is 8. The van der Waals surface area contributed by atoms with Crippen molar-refractivity contribution in [1.82, 2.24) is 37.2 Å². The maximum absolute atomic E-state index is 13.7. The Labute approximate surface area is 331 Å². The van der Waals surface area contributed by atoms with E-state index in [9.17, 15) is 48.3 Å². The first-order valence-electron chi connectivity index (χ1n) is 18.6. The van der Waals surface area contributed by atoms with E-state index in [-0.39, 0.29) is 91.0 Å². The number of anilines is 1. The number of ether oxygens (including phenoxy) is 1. The van der Waals surface area contributed by atoms with Crippen molar-refractivity contribution in [2.75, 3.05) is 31.6 Å². The van der Waals surface area contributed by atoms with Crippen LogP contribution < -0.4 is 53.0 Å². The molecule has 0 spiro atoms. The molecule has 0 aromatic heterocycles. The van der Waals surface area contributed by atoms with Gasteiger partial charge in [0.15, 0.2) is 0 Å². The highest BCUT2D eigenvalue weighted by atomic mass is 32.2. The number of carbonyl (C=O) groups is 9. The Morgan fingerprint density at radius 1 is 0.807 bits per heavy atom. The van der Waals surface area contributed by atoms with Gasteiger partial charge in [-0.05, 0) is 69.7 Å². The molecule has 1 aromatic carbocycles. The number of hydrogen-bond acceptors (Lipinski definition) is 12. The van der Waals surface area contributed by atoms with Crippen LogP contribution >= 0.6 is 11.8 Å². The van der Waals surface area contributed by atoms with Gasteiger partial charge in [0.25, 0.3) is 5.91 Å². The SMILES string of the molecule is NCCCC[C@@H]1NC(=O)[C@H](CCC(=O)O)NC(=O)c2cc(NC(=O)CNC(=O)CCCC3C[C@H]4NC(=O)N[C@H]4S3)ccc2OCCC(C(=O)NCC(=O)O)NC1=O. The number of urea groups is 1. The van der Waals surface area contributed by atoms with Gasteiger partial charge in [0, 0.05) is 30.2 Å².